The van der Waals surface area contributed by atoms with Gasteiger partial charge in [0.15, 0.2) is 39.7 Å². The molecule has 0 N–H and O–H groups in total. The van der Waals surface area contributed by atoms with E-state index in [2.05, 4.69) is 11.1 Å². The standard InChI is InChI=1S/C21H19NO4.C16H13FN2O3S/c1-24-18-8-4-5-9-19(18)25-14-16-10-11-20(26-16)21(23)22-13-12-15-6-2-3-7-17(15)22;1-19(16-18-8-9-23-16)15(20)14-7-6-11(22-14)10-21-13-5-3-2-4-12(13)17/h2-11H,12-14H2,1H3;2-9H,10H2,1H3. The highest BCUT2D eigenvalue weighted by Gasteiger charge is 2.27. The molecule has 4 heterocycles. The zero-order valence-electron chi connectivity index (χ0n) is 26.7. The van der Waals surface area contributed by atoms with E-state index in [-0.39, 0.29) is 36.5 Å². The molecular weight excluding hydrogens is 649 g/mol. The summed E-state index contributed by atoms with van der Waals surface area (Å²) in [7, 11) is 3.22. The minimum absolute atomic E-state index is 0.0369. The maximum absolute atomic E-state index is 13.5. The van der Waals surface area contributed by atoms with E-state index in [1.54, 1.807) is 67.0 Å². The predicted octanol–water partition coefficient (Wildman–Crippen LogP) is 7.80. The van der Waals surface area contributed by atoms with Crippen molar-refractivity contribution in [3.05, 3.63) is 143 Å². The van der Waals surface area contributed by atoms with Gasteiger partial charge in [0.2, 0.25) is 0 Å². The molecule has 0 radical (unpaired) electrons. The molecule has 12 heteroatoms. The second kappa shape index (κ2) is 15.3. The maximum atomic E-state index is 13.5. The van der Waals surface area contributed by atoms with E-state index >= 15 is 0 Å². The summed E-state index contributed by atoms with van der Waals surface area (Å²) in [5.41, 5.74) is 2.15. The van der Waals surface area contributed by atoms with Gasteiger partial charge in [-0.25, -0.2) is 9.37 Å². The molecule has 0 unspecified atom stereocenters. The zero-order valence-corrected chi connectivity index (χ0v) is 27.5. The third-order valence-corrected chi connectivity index (χ3v) is 8.38. The van der Waals surface area contributed by atoms with Crippen LogP contribution in [0.4, 0.5) is 15.2 Å². The summed E-state index contributed by atoms with van der Waals surface area (Å²) < 4.78 is 41.0. The first-order valence-electron chi connectivity index (χ1n) is 15.3. The minimum Gasteiger partial charge on any atom is -0.493 e. The van der Waals surface area contributed by atoms with Crippen LogP contribution in [0, 0.1) is 5.82 Å². The molecule has 6 aromatic rings. The molecule has 0 saturated heterocycles. The van der Waals surface area contributed by atoms with Crippen molar-refractivity contribution in [2.24, 2.45) is 0 Å². The largest absolute Gasteiger partial charge is 0.493 e. The van der Waals surface area contributed by atoms with Crippen molar-refractivity contribution in [2.45, 2.75) is 19.6 Å². The number of para-hydroxylation sites is 4. The molecule has 1 aliphatic heterocycles. The Morgan fingerprint density at radius 2 is 1.47 bits per heavy atom. The number of amides is 2. The summed E-state index contributed by atoms with van der Waals surface area (Å²) >= 11 is 1.36. The molecule has 0 atom stereocenters. The number of hydrogen-bond donors (Lipinski definition) is 0. The summed E-state index contributed by atoms with van der Waals surface area (Å²) in [6, 6.07) is 28.1. The number of nitrogens with zero attached hydrogens (tertiary/aromatic N) is 3. The maximum Gasteiger partial charge on any atom is 0.295 e. The normalized spacial score (nSPS) is 11.7. The number of thiazole rings is 1. The molecule has 3 aromatic heterocycles. The first-order chi connectivity index (χ1) is 23.9. The van der Waals surface area contributed by atoms with E-state index in [9.17, 15) is 14.0 Å². The molecule has 250 valence electrons. The van der Waals surface area contributed by atoms with Gasteiger partial charge in [0.1, 0.15) is 24.7 Å². The lowest BCUT2D eigenvalue weighted by Crippen LogP contribution is -2.28. The highest BCUT2D eigenvalue weighted by Crippen LogP contribution is 2.30. The van der Waals surface area contributed by atoms with Crippen molar-refractivity contribution >= 4 is 34.0 Å². The predicted molar refractivity (Wildman–Crippen MR) is 182 cm³/mol. The van der Waals surface area contributed by atoms with E-state index in [0.29, 0.717) is 40.5 Å². The van der Waals surface area contributed by atoms with Crippen LogP contribution in [0.25, 0.3) is 0 Å². The first kappa shape index (κ1) is 33.0. The lowest BCUT2D eigenvalue weighted by atomic mass is 10.2. The molecular formula is C37H32FN3O7S. The fourth-order valence-electron chi connectivity index (χ4n) is 5.05. The van der Waals surface area contributed by atoms with Crippen molar-refractivity contribution in [3.8, 4) is 17.2 Å². The lowest BCUT2D eigenvalue weighted by Gasteiger charge is -2.15. The molecule has 0 saturated carbocycles. The zero-order chi connectivity index (χ0) is 34.2. The molecule has 0 aliphatic carbocycles. The Bertz CT molecular complexity index is 2020. The number of hydrogen-bond acceptors (Lipinski definition) is 9. The number of furan rings is 2. The smallest absolute Gasteiger partial charge is 0.295 e. The molecule has 0 spiro atoms. The van der Waals surface area contributed by atoms with Gasteiger partial charge in [0.05, 0.1) is 7.11 Å². The highest BCUT2D eigenvalue weighted by molar-refractivity contribution is 7.13. The number of ether oxygens (including phenoxy) is 3. The average Bonchev–Trinajstić information content (AvgIpc) is 3.97. The molecule has 0 fully saturated rings. The Morgan fingerprint density at radius 1 is 0.837 bits per heavy atom. The van der Waals surface area contributed by atoms with E-state index in [4.69, 9.17) is 23.0 Å². The van der Waals surface area contributed by atoms with Gasteiger partial charge in [-0.2, -0.15) is 0 Å². The van der Waals surface area contributed by atoms with E-state index in [1.807, 2.05) is 42.5 Å². The van der Waals surface area contributed by atoms with Crippen LogP contribution < -0.4 is 24.0 Å². The number of methoxy groups -OCH3 is 1. The summed E-state index contributed by atoms with van der Waals surface area (Å²) in [6.45, 7) is 0.936. The minimum atomic E-state index is -0.446. The number of carbonyl (C=O) groups is 2. The van der Waals surface area contributed by atoms with Crippen LogP contribution in [-0.4, -0.2) is 37.5 Å². The van der Waals surface area contributed by atoms with Gasteiger partial charge in [-0.1, -0.05) is 42.5 Å². The van der Waals surface area contributed by atoms with Gasteiger partial charge < -0.3 is 27.9 Å². The monoisotopic (exact) mass is 681 g/mol. The average molecular weight is 682 g/mol. The van der Waals surface area contributed by atoms with Crippen LogP contribution in [0.15, 0.2) is 117 Å². The van der Waals surface area contributed by atoms with Crippen LogP contribution in [0.2, 0.25) is 0 Å². The Hall–Kier alpha value is -5.88. The van der Waals surface area contributed by atoms with Gasteiger partial charge in [-0.3, -0.25) is 14.5 Å². The van der Waals surface area contributed by atoms with Crippen molar-refractivity contribution in [1.82, 2.24) is 4.98 Å². The van der Waals surface area contributed by atoms with Gasteiger partial charge in [0.25, 0.3) is 11.8 Å². The number of benzene rings is 3. The van der Waals surface area contributed by atoms with Gasteiger partial charge in [-0.15, -0.1) is 11.3 Å². The Labute approximate surface area is 285 Å². The van der Waals surface area contributed by atoms with Gasteiger partial charge >= 0.3 is 0 Å². The lowest BCUT2D eigenvalue weighted by molar-refractivity contribution is 0.0953. The Kier molecular flexibility index (Phi) is 10.3. The number of rotatable bonds is 10. The number of anilines is 2. The van der Waals surface area contributed by atoms with Gasteiger partial charge in [-0.05, 0) is 66.6 Å². The number of fused-ring (bicyclic) bond motifs is 1. The topological polar surface area (TPSA) is 107 Å². The molecule has 10 nitrogen and oxygen atoms in total. The molecule has 3 aromatic carbocycles. The van der Waals surface area contributed by atoms with Crippen LogP contribution in [0.3, 0.4) is 0 Å². The Morgan fingerprint density at radius 3 is 2.18 bits per heavy atom. The third kappa shape index (κ3) is 7.82. The van der Waals surface area contributed by atoms with Crippen LogP contribution in [0.1, 0.15) is 38.2 Å². The van der Waals surface area contributed by atoms with Crippen LogP contribution in [0.5, 0.6) is 17.2 Å². The number of carbonyl (C=O) groups excluding carboxylic acids is 2. The van der Waals surface area contributed by atoms with Crippen LogP contribution >= 0.6 is 11.3 Å². The van der Waals surface area contributed by atoms with E-state index in [1.165, 1.54) is 33.9 Å². The fraction of sp³-hybridized carbons (Fsp3) is 0.162. The summed E-state index contributed by atoms with van der Waals surface area (Å²) in [5, 5.41) is 2.37. The van der Waals surface area contributed by atoms with Crippen molar-refractivity contribution in [3.63, 3.8) is 0 Å². The fourth-order valence-corrected chi connectivity index (χ4v) is 5.66. The van der Waals surface area contributed by atoms with E-state index in [0.717, 1.165) is 12.1 Å². The van der Waals surface area contributed by atoms with Gasteiger partial charge in [0, 0.05) is 30.9 Å². The molecule has 0 bridgehead atoms. The summed E-state index contributed by atoms with van der Waals surface area (Å²) in [5.74, 6) is 2.06. The number of aromatic nitrogens is 1. The van der Waals surface area contributed by atoms with Crippen LogP contribution in [-0.2, 0) is 19.6 Å². The second-order valence-corrected chi connectivity index (χ2v) is 11.6. The Balaban J connectivity index is 0.000000171. The SMILES string of the molecule is CN(C(=O)c1ccc(COc2ccccc2F)o1)c1nccs1.COc1ccccc1OCc1ccc(C(=O)N2CCc3ccccc32)o1. The second-order valence-electron chi connectivity index (χ2n) is 10.7. The first-order valence-corrected chi connectivity index (χ1v) is 16.2. The molecule has 7 rings (SSSR count). The highest BCUT2D eigenvalue weighted by atomic mass is 32.1. The quantitative estimate of drug-likeness (QED) is 0.144. The summed E-state index contributed by atoms with van der Waals surface area (Å²) in [4.78, 5) is 32.3. The number of halogens is 1. The van der Waals surface area contributed by atoms with E-state index < -0.39 is 5.82 Å². The molecule has 49 heavy (non-hydrogen) atoms. The van der Waals surface area contributed by atoms with Crippen molar-refractivity contribution in [1.29, 1.82) is 0 Å². The van der Waals surface area contributed by atoms with Crippen molar-refractivity contribution in [2.75, 3.05) is 30.5 Å². The third-order valence-electron chi connectivity index (χ3n) is 7.53. The summed E-state index contributed by atoms with van der Waals surface area (Å²) in [6.07, 6.45) is 2.49. The van der Waals surface area contributed by atoms with Crippen molar-refractivity contribution < 1.29 is 37.0 Å². The molecule has 2 amide bonds. The molecule has 1 aliphatic rings.